The molecule has 0 bridgehead atoms. The molecule has 0 radical (unpaired) electrons. The normalized spacial score (nSPS) is 19.4. The largest absolute Gasteiger partial charge is 0.507 e. The van der Waals surface area contributed by atoms with Crippen LogP contribution in [0.4, 0.5) is 18.9 Å². The number of aliphatic carboxylic acids is 1. The lowest BCUT2D eigenvalue weighted by Gasteiger charge is -2.29. The Balaban J connectivity index is 1.43. The Morgan fingerprint density at radius 3 is 2.40 bits per heavy atom. The molecule has 9 nitrogen and oxygen atoms in total. The van der Waals surface area contributed by atoms with E-state index < -0.39 is 29.2 Å². The number of nitrogens with one attached hydrogen (secondary N) is 1. The molecule has 0 saturated carbocycles. The molecule has 0 saturated heterocycles. The maximum absolute atomic E-state index is 13.5. The minimum absolute atomic E-state index is 0.0298. The number of allylic oxidation sites excluding steroid dienone is 2. The summed E-state index contributed by atoms with van der Waals surface area (Å²) in [6.45, 7) is -0.0250. The average molecular weight is 591 g/mol. The van der Waals surface area contributed by atoms with Crippen molar-refractivity contribution in [1.29, 1.82) is 0 Å². The van der Waals surface area contributed by atoms with E-state index in [1.807, 2.05) is 30.3 Å². The minimum atomic E-state index is -4.56. The highest BCUT2D eigenvalue weighted by Gasteiger charge is 2.41. The van der Waals surface area contributed by atoms with Crippen LogP contribution >= 0.6 is 0 Å². The van der Waals surface area contributed by atoms with Crippen LogP contribution < -0.4 is 10.4 Å². The Morgan fingerprint density at radius 1 is 1.02 bits per heavy atom. The number of halogens is 3. The Hall–Kier alpha value is -5.23. The van der Waals surface area contributed by atoms with Gasteiger partial charge in [-0.2, -0.15) is 28.4 Å². The number of hydrazone groups is 2. The molecular formula is C31H25F3N4O5. The van der Waals surface area contributed by atoms with Crippen LogP contribution in [0.3, 0.4) is 0 Å². The summed E-state index contributed by atoms with van der Waals surface area (Å²) in [6, 6.07) is 19.5. The molecule has 1 aliphatic carbocycles. The molecule has 3 aromatic carbocycles. The fourth-order valence-corrected chi connectivity index (χ4v) is 4.56. The van der Waals surface area contributed by atoms with Crippen LogP contribution in [0, 0.1) is 0 Å². The maximum atomic E-state index is 13.5. The molecule has 1 heterocycles. The summed E-state index contributed by atoms with van der Waals surface area (Å²) in [5, 5.41) is 29.8. The molecule has 1 aliphatic heterocycles. The molecule has 0 fully saturated rings. The molecule has 12 heteroatoms. The Kier molecular flexibility index (Phi) is 8.13. The Bertz CT molecular complexity index is 1650. The van der Waals surface area contributed by atoms with Gasteiger partial charge in [-0.15, -0.1) is 0 Å². The van der Waals surface area contributed by atoms with Gasteiger partial charge in [-0.05, 0) is 47.5 Å². The highest BCUT2D eigenvalue weighted by Crippen LogP contribution is 2.35. The number of rotatable bonds is 9. The number of carbonyl (C=O) groups excluding carboxylic acids is 1. The number of aromatic hydroxyl groups is 1. The molecular weight excluding hydrogens is 565 g/mol. The number of amides is 1. The van der Waals surface area contributed by atoms with Crippen LogP contribution in [0.15, 0.2) is 107 Å². The van der Waals surface area contributed by atoms with E-state index in [1.165, 1.54) is 18.2 Å². The summed E-state index contributed by atoms with van der Waals surface area (Å²) in [4.78, 5) is 26.0. The van der Waals surface area contributed by atoms with Gasteiger partial charge in [-0.25, -0.2) is 4.79 Å². The highest BCUT2D eigenvalue weighted by molar-refractivity contribution is 6.71. The lowest BCUT2D eigenvalue weighted by atomic mass is 9.84. The molecule has 1 amide bonds. The average Bonchev–Trinajstić information content (AvgIpc) is 3.31. The van der Waals surface area contributed by atoms with Crippen LogP contribution in [0.25, 0.3) is 5.57 Å². The first-order chi connectivity index (χ1) is 20.6. The number of phenolic OH excluding ortho intramolecular Hbond substituents is 1. The van der Waals surface area contributed by atoms with Crippen molar-refractivity contribution in [3.05, 3.63) is 114 Å². The summed E-state index contributed by atoms with van der Waals surface area (Å²) in [6.07, 6.45) is -0.135. The van der Waals surface area contributed by atoms with E-state index in [9.17, 15) is 33.0 Å². The smallest absolute Gasteiger partial charge is 0.416 e. The summed E-state index contributed by atoms with van der Waals surface area (Å²) >= 11 is 0. The standard InChI is InChI=1S/C31H25F3N4O5/c32-31(33,34)22-12-14-23(15-13-22)38-28(40)27(25(36-38)19-43-18-20-7-2-1-3-8-20)35-37-30(29(41)42)16-6-9-21(17-30)24-10-4-5-11-26(24)39/h1-16,37,39H,17-19H2,(H,41,42)/b35-27-. The molecule has 220 valence electrons. The lowest BCUT2D eigenvalue weighted by molar-refractivity contribution is -0.142. The summed E-state index contributed by atoms with van der Waals surface area (Å²) in [7, 11) is 0. The molecule has 43 heavy (non-hydrogen) atoms. The number of carboxylic acid groups (broad SMARTS) is 1. The topological polar surface area (TPSA) is 124 Å². The van der Waals surface area contributed by atoms with Gasteiger partial charge in [0.2, 0.25) is 0 Å². The van der Waals surface area contributed by atoms with E-state index in [4.69, 9.17) is 4.74 Å². The predicted molar refractivity (Wildman–Crippen MR) is 153 cm³/mol. The molecule has 5 rings (SSSR count). The summed E-state index contributed by atoms with van der Waals surface area (Å²) in [5.74, 6) is -2.11. The van der Waals surface area contributed by atoms with E-state index in [-0.39, 0.29) is 42.5 Å². The van der Waals surface area contributed by atoms with Crippen molar-refractivity contribution in [3.8, 4) is 5.75 Å². The summed E-state index contributed by atoms with van der Waals surface area (Å²) < 4.78 is 45.0. The van der Waals surface area contributed by atoms with Gasteiger partial charge in [-0.3, -0.25) is 10.2 Å². The third-order valence-corrected chi connectivity index (χ3v) is 6.82. The molecule has 2 aliphatic rings. The van der Waals surface area contributed by atoms with Gasteiger partial charge in [0.1, 0.15) is 11.5 Å². The number of phenols is 1. The number of benzene rings is 3. The SMILES string of the molecule is O=C1/C(=N\NC2(C(=O)O)C=CC=C(c3ccccc3O)C2)C(COCc2ccccc2)=NN1c1ccc(C(F)(F)F)cc1. The van der Waals surface area contributed by atoms with Crippen molar-refractivity contribution in [2.24, 2.45) is 10.2 Å². The third kappa shape index (κ3) is 6.33. The van der Waals surface area contributed by atoms with Crippen molar-refractivity contribution < 1.29 is 37.7 Å². The lowest BCUT2D eigenvalue weighted by Crippen LogP contribution is -2.50. The van der Waals surface area contributed by atoms with Gasteiger partial charge in [0, 0.05) is 12.0 Å². The number of carboxylic acids is 1. The van der Waals surface area contributed by atoms with Gasteiger partial charge in [0.05, 0.1) is 24.5 Å². The second-order valence-electron chi connectivity index (χ2n) is 9.78. The fourth-order valence-electron chi connectivity index (χ4n) is 4.56. The van der Waals surface area contributed by atoms with Gasteiger partial charge in [0.25, 0.3) is 0 Å². The van der Waals surface area contributed by atoms with E-state index in [0.717, 1.165) is 34.8 Å². The first kappa shape index (κ1) is 29.3. The number of ether oxygens (including phenoxy) is 1. The predicted octanol–water partition coefficient (Wildman–Crippen LogP) is 5.14. The fraction of sp³-hybridized carbons (Fsp3) is 0.161. The first-order valence-electron chi connectivity index (χ1n) is 13.0. The van der Waals surface area contributed by atoms with E-state index >= 15 is 0 Å². The summed E-state index contributed by atoms with van der Waals surface area (Å²) in [5.41, 5.74) is 1.57. The number of hydrogen-bond acceptors (Lipinski definition) is 7. The van der Waals surface area contributed by atoms with E-state index in [2.05, 4.69) is 15.6 Å². The number of para-hydroxylation sites is 1. The molecule has 3 aromatic rings. The second kappa shape index (κ2) is 11.9. The molecule has 3 N–H and O–H groups in total. The molecule has 1 unspecified atom stereocenters. The van der Waals surface area contributed by atoms with Crippen molar-refractivity contribution in [2.75, 3.05) is 11.6 Å². The van der Waals surface area contributed by atoms with Crippen LogP contribution in [0.2, 0.25) is 0 Å². The van der Waals surface area contributed by atoms with Gasteiger partial charge < -0.3 is 14.9 Å². The van der Waals surface area contributed by atoms with Crippen LogP contribution in [-0.4, -0.2) is 45.7 Å². The second-order valence-corrected chi connectivity index (χ2v) is 9.78. The number of anilines is 1. The monoisotopic (exact) mass is 590 g/mol. The quantitative estimate of drug-likeness (QED) is 0.297. The van der Waals surface area contributed by atoms with Crippen LogP contribution in [-0.2, 0) is 27.1 Å². The molecule has 0 spiro atoms. The zero-order valence-corrected chi connectivity index (χ0v) is 22.5. The molecule has 0 aromatic heterocycles. The van der Waals surface area contributed by atoms with Crippen molar-refractivity contribution in [1.82, 2.24) is 5.43 Å². The van der Waals surface area contributed by atoms with E-state index in [0.29, 0.717) is 11.1 Å². The molecule has 1 atom stereocenters. The minimum Gasteiger partial charge on any atom is -0.507 e. The van der Waals surface area contributed by atoms with Crippen LogP contribution in [0.1, 0.15) is 23.1 Å². The zero-order valence-electron chi connectivity index (χ0n) is 22.5. The number of hydrogen-bond donors (Lipinski definition) is 3. The number of nitrogens with zero attached hydrogens (tertiary/aromatic N) is 3. The zero-order chi connectivity index (χ0) is 30.6. The van der Waals surface area contributed by atoms with Gasteiger partial charge in [-0.1, -0.05) is 60.7 Å². The number of alkyl halides is 3. The maximum Gasteiger partial charge on any atom is 0.416 e. The van der Waals surface area contributed by atoms with Crippen molar-refractivity contribution in [2.45, 2.75) is 24.7 Å². The van der Waals surface area contributed by atoms with Crippen molar-refractivity contribution in [3.63, 3.8) is 0 Å². The highest BCUT2D eigenvalue weighted by atomic mass is 19.4. The van der Waals surface area contributed by atoms with E-state index in [1.54, 1.807) is 24.3 Å². The van der Waals surface area contributed by atoms with Crippen molar-refractivity contribution >= 4 is 34.6 Å². The Labute approximate surface area is 243 Å². The van der Waals surface area contributed by atoms with Gasteiger partial charge >= 0.3 is 18.1 Å². The first-order valence-corrected chi connectivity index (χ1v) is 13.0. The Morgan fingerprint density at radius 2 is 1.72 bits per heavy atom. The van der Waals surface area contributed by atoms with Crippen LogP contribution in [0.5, 0.6) is 5.75 Å². The number of carbonyl (C=O) groups is 2. The van der Waals surface area contributed by atoms with Gasteiger partial charge in [0.15, 0.2) is 11.3 Å². The third-order valence-electron chi connectivity index (χ3n) is 6.82.